The minimum absolute atomic E-state index is 0.682. The van der Waals surface area contributed by atoms with Crippen LogP contribution in [0.3, 0.4) is 0 Å². The van der Waals surface area contributed by atoms with Gasteiger partial charge in [-0.1, -0.05) is 23.7 Å². The van der Waals surface area contributed by atoms with E-state index in [-0.39, 0.29) is 0 Å². The standard InChI is InChI=1S/C9H9ClN4/c1-13-6-11-12-7-14(13)9-5-3-2-4-8(9)10/h2-7H,1H3. The first-order valence-corrected chi connectivity index (χ1v) is 4.50. The minimum atomic E-state index is 0.682. The third-order valence-corrected chi connectivity index (χ3v) is 2.21. The molecule has 1 aliphatic rings. The van der Waals surface area contributed by atoms with Crippen molar-refractivity contribution in [3.63, 3.8) is 0 Å². The molecule has 1 heterocycles. The fourth-order valence-electron chi connectivity index (χ4n) is 1.19. The summed E-state index contributed by atoms with van der Waals surface area (Å²) >= 11 is 6.05. The Hall–Kier alpha value is -1.55. The number of hydrazine groups is 1. The molecular weight excluding hydrogens is 200 g/mol. The summed E-state index contributed by atoms with van der Waals surface area (Å²) in [6, 6.07) is 7.57. The summed E-state index contributed by atoms with van der Waals surface area (Å²) in [4.78, 5) is 0. The second-order valence-electron chi connectivity index (χ2n) is 2.83. The average Bonchev–Trinajstić information content (AvgIpc) is 2.20. The number of halogens is 1. The second-order valence-corrected chi connectivity index (χ2v) is 3.24. The fourth-order valence-corrected chi connectivity index (χ4v) is 1.41. The van der Waals surface area contributed by atoms with Gasteiger partial charge in [-0.25, -0.2) is 5.01 Å². The smallest absolute Gasteiger partial charge is 0.138 e. The Labute approximate surface area is 87.1 Å². The third kappa shape index (κ3) is 1.56. The van der Waals surface area contributed by atoms with Crippen molar-refractivity contribution in [1.29, 1.82) is 0 Å². The molecule has 0 aromatic heterocycles. The molecule has 0 amide bonds. The van der Waals surface area contributed by atoms with E-state index in [1.54, 1.807) is 17.7 Å². The van der Waals surface area contributed by atoms with Crippen molar-refractivity contribution in [3.05, 3.63) is 29.3 Å². The van der Waals surface area contributed by atoms with Gasteiger partial charge < -0.3 is 0 Å². The molecule has 0 unspecified atom stereocenters. The van der Waals surface area contributed by atoms with Gasteiger partial charge in [0.15, 0.2) is 0 Å². The summed E-state index contributed by atoms with van der Waals surface area (Å²) in [7, 11) is 1.87. The number of hydrogen-bond acceptors (Lipinski definition) is 4. The zero-order chi connectivity index (χ0) is 9.97. The molecule has 0 bridgehead atoms. The van der Waals surface area contributed by atoms with Gasteiger partial charge in [-0.2, -0.15) is 0 Å². The first-order valence-electron chi connectivity index (χ1n) is 4.12. The van der Waals surface area contributed by atoms with Gasteiger partial charge in [-0.15, -0.1) is 10.2 Å². The molecular formula is C9H9ClN4. The lowest BCUT2D eigenvalue weighted by Gasteiger charge is -2.29. The molecule has 1 aromatic carbocycles. The van der Waals surface area contributed by atoms with Gasteiger partial charge in [-0.3, -0.25) is 5.01 Å². The normalized spacial score (nSPS) is 15.0. The van der Waals surface area contributed by atoms with E-state index in [9.17, 15) is 0 Å². The molecule has 14 heavy (non-hydrogen) atoms. The number of hydrogen-bond donors (Lipinski definition) is 0. The topological polar surface area (TPSA) is 31.2 Å². The van der Waals surface area contributed by atoms with Crippen molar-refractivity contribution >= 4 is 30.0 Å². The molecule has 0 fully saturated rings. The Balaban J connectivity index is 2.36. The molecule has 0 radical (unpaired) electrons. The van der Waals surface area contributed by atoms with Crippen LogP contribution >= 0.6 is 11.6 Å². The Bertz CT molecular complexity index is 388. The molecule has 1 aliphatic heterocycles. The van der Waals surface area contributed by atoms with Crippen LogP contribution in [0.15, 0.2) is 34.5 Å². The maximum atomic E-state index is 6.05. The number of benzene rings is 1. The van der Waals surface area contributed by atoms with Crippen LogP contribution in [0.1, 0.15) is 0 Å². The summed E-state index contributed by atoms with van der Waals surface area (Å²) in [6.07, 6.45) is 3.23. The maximum absolute atomic E-state index is 6.05. The van der Waals surface area contributed by atoms with Crippen LogP contribution in [0.25, 0.3) is 0 Å². The van der Waals surface area contributed by atoms with Crippen molar-refractivity contribution in [2.75, 3.05) is 12.1 Å². The van der Waals surface area contributed by atoms with Crippen LogP contribution < -0.4 is 5.01 Å². The predicted molar refractivity (Wildman–Crippen MR) is 58.7 cm³/mol. The Morgan fingerprint density at radius 1 is 1.14 bits per heavy atom. The number of para-hydroxylation sites is 1. The SMILES string of the molecule is CN1C=NN=CN1c1ccccc1Cl. The fraction of sp³-hybridized carbons (Fsp3) is 0.111. The highest BCUT2D eigenvalue weighted by Crippen LogP contribution is 2.25. The van der Waals surface area contributed by atoms with Crippen LogP contribution in [0.4, 0.5) is 5.69 Å². The maximum Gasteiger partial charge on any atom is 0.138 e. The van der Waals surface area contributed by atoms with Gasteiger partial charge in [0, 0.05) is 7.05 Å². The summed E-state index contributed by atoms with van der Waals surface area (Å²) in [6.45, 7) is 0. The van der Waals surface area contributed by atoms with E-state index in [0.29, 0.717) is 5.02 Å². The van der Waals surface area contributed by atoms with E-state index in [1.807, 2.05) is 36.3 Å². The second kappa shape index (κ2) is 3.67. The lowest BCUT2D eigenvalue weighted by atomic mass is 10.3. The first-order chi connectivity index (χ1) is 6.79. The van der Waals surface area contributed by atoms with Crippen LogP contribution in [0, 0.1) is 0 Å². The molecule has 1 aromatic rings. The Morgan fingerprint density at radius 3 is 2.57 bits per heavy atom. The van der Waals surface area contributed by atoms with Gasteiger partial charge in [0.05, 0.1) is 10.7 Å². The van der Waals surface area contributed by atoms with Gasteiger partial charge >= 0.3 is 0 Å². The highest BCUT2D eigenvalue weighted by Gasteiger charge is 2.12. The van der Waals surface area contributed by atoms with E-state index in [0.717, 1.165) is 5.69 Å². The highest BCUT2D eigenvalue weighted by atomic mass is 35.5. The molecule has 0 saturated heterocycles. The molecule has 0 N–H and O–H groups in total. The minimum Gasteiger partial charge on any atom is -0.270 e. The monoisotopic (exact) mass is 208 g/mol. The predicted octanol–water partition coefficient (Wildman–Crippen LogP) is 1.98. The summed E-state index contributed by atoms with van der Waals surface area (Å²) in [5, 5.41) is 11.8. The van der Waals surface area contributed by atoms with Crippen LogP contribution in [0.5, 0.6) is 0 Å². The Kier molecular flexibility index (Phi) is 2.37. The molecule has 0 spiro atoms. The van der Waals surface area contributed by atoms with Gasteiger partial charge in [0.1, 0.15) is 12.7 Å². The summed E-state index contributed by atoms with van der Waals surface area (Å²) in [5.74, 6) is 0. The molecule has 72 valence electrons. The largest absolute Gasteiger partial charge is 0.270 e. The van der Waals surface area contributed by atoms with E-state index in [2.05, 4.69) is 10.2 Å². The number of rotatable bonds is 1. The van der Waals surface area contributed by atoms with Gasteiger partial charge in [0.25, 0.3) is 0 Å². The molecule has 4 nitrogen and oxygen atoms in total. The van der Waals surface area contributed by atoms with Crippen molar-refractivity contribution in [2.24, 2.45) is 10.2 Å². The van der Waals surface area contributed by atoms with E-state index in [4.69, 9.17) is 11.6 Å². The lowest BCUT2D eigenvalue weighted by molar-refractivity contribution is 0.541. The third-order valence-electron chi connectivity index (χ3n) is 1.89. The van der Waals surface area contributed by atoms with E-state index < -0.39 is 0 Å². The lowest BCUT2D eigenvalue weighted by Crippen LogP contribution is -2.39. The number of nitrogens with zero attached hydrogens (tertiary/aromatic N) is 4. The molecule has 0 saturated carbocycles. The van der Waals surface area contributed by atoms with Crippen molar-refractivity contribution in [3.8, 4) is 0 Å². The molecule has 5 heteroatoms. The van der Waals surface area contributed by atoms with Crippen LogP contribution in [-0.2, 0) is 0 Å². The average molecular weight is 209 g/mol. The van der Waals surface area contributed by atoms with Crippen molar-refractivity contribution < 1.29 is 0 Å². The van der Waals surface area contributed by atoms with Crippen LogP contribution in [-0.4, -0.2) is 24.7 Å². The van der Waals surface area contributed by atoms with Crippen molar-refractivity contribution in [1.82, 2.24) is 5.01 Å². The van der Waals surface area contributed by atoms with Gasteiger partial charge in [-0.05, 0) is 12.1 Å². The zero-order valence-electron chi connectivity index (χ0n) is 7.63. The van der Waals surface area contributed by atoms with E-state index >= 15 is 0 Å². The molecule has 0 aliphatic carbocycles. The zero-order valence-corrected chi connectivity index (χ0v) is 8.39. The highest BCUT2D eigenvalue weighted by molar-refractivity contribution is 6.33. The summed E-state index contributed by atoms with van der Waals surface area (Å²) < 4.78 is 0. The van der Waals surface area contributed by atoms with E-state index in [1.165, 1.54) is 0 Å². The molecule has 0 atom stereocenters. The number of anilines is 1. The summed E-state index contributed by atoms with van der Waals surface area (Å²) in [5.41, 5.74) is 0.881. The molecule has 2 rings (SSSR count). The quantitative estimate of drug-likeness (QED) is 0.707. The van der Waals surface area contributed by atoms with Gasteiger partial charge in [0.2, 0.25) is 0 Å². The van der Waals surface area contributed by atoms with Crippen molar-refractivity contribution in [2.45, 2.75) is 0 Å². The first kappa shape index (κ1) is 9.02. The Morgan fingerprint density at radius 2 is 1.86 bits per heavy atom. The van der Waals surface area contributed by atoms with Crippen LogP contribution in [0.2, 0.25) is 5.02 Å².